The van der Waals surface area contributed by atoms with E-state index in [2.05, 4.69) is 26.2 Å². The number of hydrogen-bond donors (Lipinski definition) is 1. The maximum Gasteiger partial charge on any atom is 0.0823 e. The van der Waals surface area contributed by atoms with Crippen LogP contribution in [0.1, 0.15) is 65.2 Å². The summed E-state index contributed by atoms with van der Waals surface area (Å²) < 4.78 is 0. The van der Waals surface area contributed by atoms with Gasteiger partial charge in [-0.15, -0.1) is 5.73 Å². The summed E-state index contributed by atoms with van der Waals surface area (Å²) >= 11 is 0. The lowest BCUT2D eigenvalue weighted by Gasteiger charge is -2.12. The minimum atomic E-state index is -0.300. The number of aliphatic hydroxyl groups excluding tert-OH is 1. The maximum atomic E-state index is 9.90. The zero-order valence-electron chi connectivity index (χ0n) is 10.4. The summed E-state index contributed by atoms with van der Waals surface area (Å²) in [6, 6.07) is 0. The van der Waals surface area contributed by atoms with Gasteiger partial charge in [0.2, 0.25) is 0 Å². The molecule has 1 N–H and O–H groups in total. The van der Waals surface area contributed by atoms with Crippen molar-refractivity contribution in [3.63, 3.8) is 0 Å². The first-order valence-electron chi connectivity index (χ1n) is 6.33. The van der Waals surface area contributed by atoms with Crippen LogP contribution in [0.15, 0.2) is 17.9 Å². The molecule has 1 nitrogen and oxygen atoms in total. The summed E-state index contributed by atoms with van der Waals surface area (Å²) in [5.74, 6) is 0. The van der Waals surface area contributed by atoms with Crippen LogP contribution in [-0.2, 0) is 0 Å². The standard InChI is InChI=1S/C14H26O/c1-4-7-9-11-13(6-3)14(15)12-10-8-5-2/h14-15H,3-5,7-12H2,1-2H3. The van der Waals surface area contributed by atoms with Gasteiger partial charge in [-0.25, -0.2) is 0 Å². The first-order valence-corrected chi connectivity index (χ1v) is 6.33. The smallest absolute Gasteiger partial charge is 0.0823 e. The Morgan fingerprint density at radius 1 is 1.13 bits per heavy atom. The molecule has 0 radical (unpaired) electrons. The third kappa shape index (κ3) is 7.41. The summed E-state index contributed by atoms with van der Waals surface area (Å²) in [5.41, 5.74) is 3.92. The lowest BCUT2D eigenvalue weighted by Crippen LogP contribution is -2.09. The molecule has 0 spiro atoms. The summed E-state index contributed by atoms with van der Waals surface area (Å²) in [4.78, 5) is 0. The van der Waals surface area contributed by atoms with E-state index in [1.54, 1.807) is 0 Å². The number of rotatable bonds is 9. The van der Waals surface area contributed by atoms with Crippen molar-refractivity contribution < 1.29 is 5.11 Å². The van der Waals surface area contributed by atoms with Crippen molar-refractivity contribution in [2.75, 3.05) is 0 Å². The third-order valence-electron chi connectivity index (χ3n) is 2.76. The Kier molecular flexibility index (Phi) is 9.67. The van der Waals surface area contributed by atoms with Crippen LogP contribution in [0.25, 0.3) is 0 Å². The summed E-state index contributed by atoms with van der Waals surface area (Å²) in [6.45, 7) is 8.03. The largest absolute Gasteiger partial charge is 0.388 e. The minimum Gasteiger partial charge on any atom is -0.388 e. The van der Waals surface area contributed by atoms with Crippen LogP contribution >= 0.6 is 0 Å². The van der Waals surface area contributed by atoms with E-state index in [-0.39, 0.29) is 6.10 Å². The fourth-order valence-corrected chi connectivity index (χ4v) is 1.70. The van der Waals surface area contributed by atoms with Gasteiger partial charge in [0.25, 0.3) is 0 Å². The predicted molar refractivity (Wildman–Crippen MR) is 66.9 cm³/mol. The molecule has 0 aromatic rings. The first kappa shape index (κ1) is 14.5. The van der Waals surface area contributed by atoms with Crippen molar-refractivity contribution in [3.8, 4) is 0 Å². The first-order chi connectivity index (χ1) is 7.26. The molecule has 1 heteroatoms. The molecule has 0 heterocycles. The zero-order chi connectivity index (χ0) is 11.5. The molecule has 0 aromatic heterocycles. The lowest BCUT2D eigenvalue weighted by molar-refractivity contribution is 0.191. The maximum absolute atomic E-state index is 9.90. The van der Waals surface area contributed by atoms with Crippen LogP contribution < -0.4 is 0 Å². The van der Waals surface area contributed by atoms with Crippen molar-refractivity contribution in [1.29, 1.82) is 0 Å². The van der Waals surface area contributed by atoms with Crippen LogP contribution in [-0.4, -0.2) is 11.2 Å². The Labute approximate surface area is 94.9 Å². The average Bonchev–Trinajstić information content (AvgIpc) is 2.24. The Hall–Kier alpha value is -0.520. The number of hydrogen-bond acceptors (Lipinski definition) is 1. The highest BCUT2D eigenvalue weighted by molar-refractivity contribution is 5.05. The highest BCUT2D eigenvalue weighted by atomic mass is 16.3. The highest BCUT2D eigenvalue weighted by Gasteiger charge is 2.09. The molecular weight excluding hydrogens is 184 g/mol. The summed E-state index contributed by atoms with van der Waals surface area (Å²) in [6.07, 6.45) is 8.65. The van der Waals surface area contributed by atoms with Crippen molar-refractivity contribution in [2.24, 2.45) is 0 Å². The van der Waals surface area contributed by atoms with Crippen LogP contribution in [0.2, 0.25) is 0 Å². The van der Waals surface area contributed by atoms with Crippen LogP contribution in [0.5, 0.6) is 0 Å². The van der Waals surface area contributed by atoms with Gasteiger partial charge in [-0.2, -0.15) is 0 Å². The summed E-state index contributed by atoms with van der Waals surface area (Å²) in [7, 11) is 0. The number of unbranched alkanes of at least 4 members (excludes halogenated alkanes) is 4. The van der Waals surface area contributed by atoms with Crippen molar-refractivity contribution in [2.45, 2.75) is 71.3 Å². The van der Waals surface area contributed by atoms with Gasteiger partial charge in [-0.05, 0) is 24.8 Å². The minimum absolute atomic E-state index is 0.300. The molecular formula is C14H26O. The molecule has 0 saturated heterocycles. The Morgan fingerprint density at radius 3 is 2.27 bits per heavy atom. The second-order valence-electron chi connectivity index (χ2n) is 4.17. The second kappa shape index (κ2) is 10.0. The monoisotopic (exact) mass is 210 g/mol. The second-order valence-corrected chi connectivity index (χ2v) is 4.17. The van der Waals surface area contributed by atoms with Crippen molar-refractivity contribution >= 4 is 0 Å². The quantitative estimate of drug-likeness (QED) is 0.446. The molecule has 0 bridgehead atoms. The van der Waals surface area contributed by atoms with Gasteiger partial charge in [0.1, 0.15) is 0 Å². The van der Waals surface area contributed by atoms with Gasteiger partial charge in [0.05, 0.1) is 6.10 Å². The molecule has 1 unspecified atom stereocenters. The Balaban J connectivity index is 3.79. The molecule has 0 aliphatic heterocycles. The van der Waals surface area contributed by atoms with Gasteiger partial charge in [0, 0.05) is 0 Å². The van der Waals surface area contributed by atoms with Crippen LogP contribution in [0, 0.1) is 0 Å². The van der Waals surface area contributed by atoms with E-state index >= 15 is 0 Å². The van der Waals surface area contributed by atoms with Gasteiger partial charge < -0.3 is 5.11 Å². The van der Waals surface area contributed by atoms with Gasteiger partial charge in [-0.1, -0.05) is 52.5 Å². The Bertz CT molecular complexity index is 190. The number of aliphatic hydroxyl groups is 1. The van der Waals surface area contributed by atoms with E-state index in [0.717, 1.165) is 31.3 Å². The molecule has 0 amide bonds. The van der Waals surface area contributed by atoms with Crippen LogP contribution in [0.3, 0.4) is 0 Å². The van der Waals surface area contributed by atoms with Crippen molar-refractivity contribution in [1.82, 2.24) is 0 Å². The zero-order valence-corrected chi connectivity index (χ0v) is 10.4. The van der Waals surface area contributed by atoms with E-state index in [4.69, 9.17) is 0 Å². The van der Waals surface area contributed by atoms with Gasteiger partial charge in [0.15, 0.2) is 0 Å². The topological polar surface area (TPSA) is 20.2 Å². The third-order valence-corrected chi connectivity index (χ3v) is 2.76. The SMILES string of the molecule is C=C=C(CCCCC)C(O)CCCCC. The Morgan fingerprint density at radius 2 is 1.73 bits per heavy atom. The molecule has 0 saturated carbocycles. The molecule has 0 aliphatic carbocycles. The molecule has 0 rings (SSSR count). The summed E-state index contributed by atoms with van der Waals surface area (Å²) in [5, 5.41) is 9.90. The normalized spacial score (nSPS) is 12.2. The van der Waals surface area contributed by atoms with E-state index in [1.165, 1.54) is 25.7 Å². The van der Waals surface area contributed by atoms with E-state index in [9.17, 15) is 5.11 Å². The predicted octanol–water partition coefficient (Wildman–Crippen LogP) is 4.22. The molecule has 1 atom stereocenters. The van der Waals surface area contributed by atoms with E-state index in [0.29, 0.717) is 0 Å². The molecule has 0 aliphatic rings. The van der Waals surface area contributed by atoms with Gasteiger partial charge in [-0.3, -0.25) is 0 Å². The fourth-order valence-electron chi connectivity index (χ4n) is 1.70. The molecule has 15 heavy (non-hydrogen) atoms. The molecule has 88 valence electrons. The fraction of sp³-hybridized carbons (Fsp3) is 0.786. The van der Waals surface area contributed by atoms with E-state index in [1.807, 2.05) is 0 Å². The van der Waals surface area contributed by atoms with E-state index < -0.39 is 0 Å². The molecule has 0 fully saturated rings. The van der Waals surface area contributed by atoms with Crippen LogP contribution in [0.4, 0.5) is 0 Å². The average molecular weight is 210 g/mol. The lowest BCUT2D eigenvalue weighted by atomic mass is 9.99. The van der Waals surface area contributed by atoms with Crippen molar-refractivity contribution in [3.05, 3.63) is 17.9 Å². The van der Waals surface area contributed by atoms with Gasteiger partial charge >= 0.3 is 0 Å². The molecule has 0 aromatic carbocycles. The highest BCUT2D eigenvalue weighted by Crippen LogP contribution is 2.16.